The largest absolute Gasteiger partial charge is 0.497 e. The Labute approximate surface area is 131 Å². The first-order valence-corrected chi connectivity index (χ1v) is 8.08. The predicted octanol–water partition coefficient (Wildman–Crippen LogP) is 5.10. The van der Waals surface area contributed by atoms with Crippen molar-refractivity contribution in [3.8, 4) is 5.75 Å². The lowest BCUT2D eigenvalue weighted by molar-refractivity contribution is 0.414. The van der Waals surface area contributed by atoms with Gasteiger partial charge in [-0.3, -0.25) is 0 Å². The van der Waals surface area contributed by atoms with E-state index in [1.54, 1.807) is 7.11 Å². The molecule has 2 aromatic carbocycles. The second-order valence-corrected chi connectivity index (χ2v) is 6.28. The molecule has 1 unspecified atom stereocenters. The fraction of sp³-hybridized carbons (Fsp3) is 0.368. The number of hydrogen-bond donors (Lipinski definition) is 0. The highest BCUT2D eigenvalue weighted by atomic mass is 35.5. The lowest BCUT2D eigenvalue weighted by Gasteiger charge is -2.18. The molecule has 0 aliphatic heterocycles. The highest BCUT2D eigenvalue weighted by Gasteiger charge is 2.14. The second-order valence-electron chi connectivity index (χ2n) is 5.75. The van der Waals surface area contributed by atoms with Gasteiger partial charge < -0.3 is 4.74 Å². The Balaban J connectivity index is 1.73. The molecule has 1 aliphatic rings. The van der Waals surface area contributed by atoms with Gasteiger partial charge in [-0.25, -0.2) is 0 Å². The zero-order valence-electron chi connectivity index (χ0n) is 12.4. The molecule has 2 heteroatoms. The number of fused-ring (bicyclic) bond motifs is 1. The van der Waals surface area contributed by atoms with Gasteiger partial charge in [-0.15, -0.1) is 11.6 Å². The van der Waals surface area contributed by atoms with E-state index in [0.29, 0.717) is 0 Å². The number of benzene rings is 2. The highest BCUT2D eigenvalue weighted by Crippen LogP contribution is 2.30. The topological polar surface area (TPSA) is 9.23 Å². The van der Waals surface area contributed by atoms with Crippen molar-refractivity contribution < 1.29 is 4.74 Å². The molecule has 0 aromatic heterocycles. The fourth-order valence-electron chi connectivity index (χ4n) is 3.03. The van der Waals surface area contributed by atoms with E-state index in [0.717, 1.165) is 12.2 Å². The van der Waals surface area contributed by atoms with E-state index >= 15 is 0 Å². The molecule has 0 saturated carbocycles. The lowest BCUT2D eigenvalue weighted by Crippen LogP contribution is -2.04. The summed E-state index contributed by atoms with van der Waals surface area (Å²) in [4.78, 5) is 0. The van der Waals surface area contributed by atoms with Gasteiger partial charge in [-0.2, -0.15) is 0 Å². The molecule has 2 aromatic rings. The smallest absolute Gasteiger partial charge is 0.118 e. The molecular weight excluding hydrogens is 280 g/mol. The third-order valence-corrected chi connectivity index (χ3v) is 4.71. The van der Waals surface area contributed by atoms with E-state index in [2.05, 4.69) is 30.3 Å². The normalized spacial score (nSPS) is 15.3. The minimum atomic E-state index is 0.0330. The van der Waals surface area contributed by atoms with E-state index < -0.39 is 0 Å². The van der Waals surface area contributed by atoms with Crippen LogP contribution >= 0.6 is 11.6 Å². The summed E-state index contributed by atoms with van der Waals surface area (Å²) < 4.78 is 5.19. The maximum Gasteiger partial charge on any atom is 0.118 e. The van der Waals surface area contributed by atoms with Crippen LogP contribution in [0.3, 0.4) is 0 Å². The Kier molecular flexibility index (Phi) is 4.50. The van der Waals surface area contributed by atoms with Gasteiger partial charge in [0.1, 0.15) is 5.75 Å². The summed E-state index contributed by atoms with van der Waals surface area (Å²) in [6.45, 7) is 0. The van der Waals surface area contributed by atoms with Gasteiger partial charge >= 0.3 is 0 Å². The van der Waals surface area contributed by atoms with Gasteiger partial charge in [0.25, 0.3) is 0 Å². The molecule has 0 N–H and O–H groups in total. The average Bonchev–Trinajstić information content (AvgIpc) is 2.55. The molecule has 0 amide bonds. The monoisotopic (exact) mass is 300 g/mol. The standard InChI is InChI=1S/C19H21ClO/c1-21-18-10-6-14(7-11-18)12-19(20)17-9-8-15-4-2-3-5-16(15)13-17/h6-11,13,19H,2-5,12H2,1H3. The number of halogens is 1. The van der Waals surface area contributed by atoms with Gasteiger partial charge in [0.05, 0.1) is 12.5 Å². The SMILES string of the molecule is COc1ccc(CC(Cl)c2ccc3c(c2)CCCC3)cc1. The second kappa shape index (κ2) is 6.53. The summed E-state index contributed by atoms with van der Waals surface area (Å²) in [5.41, 5.74) is 5.50. The van der Waals surface area contributed by atoms with Crippen LogP contribution in [0.5, 0.6) is 5.75 Å². The van der Waals surface area contributed by atoms with Crippen molar-refractivity contribution in [3.63, 3.8) is 0 Å². The van der Waals surface area contributed by atoms with Crippen LogP contribution in [0.1, 0.15) is 40.5 Å². The van der Waals surface area contributed by atoms with Gasteiger partial charge in [0.15, 0.2) is 0 Å². The van der Waals surface area contributed by atoms with Gasteiger partial charge in [0.2, 0.25) is 0 Å². The Hall–Kier alpha value is -1.47. The quantitative estimate of drug-likeness (QED) is 0.714. The van der Waals surface area contributed by atoms with Crippen molar-refractivity contribution in [2.45, 2.75) is 37.5 Å². The summed E-state index contributed by atoms with van der Waals surface area (Å²) in [6, 6.07) is 14.9. The van der Waals surface area contributed by atoms with Crippen molar-refractivity contribution in [2.24, 2.45) is 0 Å². The van der Waals surface area contributed by atoms with Crippen LogP contribution in [-0.2, 0) is 19.3 Å². The average molecular weight is 301 g/mol. The van der Waals surface area contributed by atoms with Crippen LogP contribution in [0.15, 0.2) is 42.5 Å². The third kappa shape index (κ3) is 3.41. The van der Waals surface area contributed by atoms with Crippen molar-refractivity contribution in [1.82, 2.24) is 0 Å². The Morgan fingerprint density at radius 2 is 1.71 bits per heavy atom. The maximum atomic E-state index is 6.63. The summed E-state index contributed by atoms with van der Waals surface area (Å²) in [5, 5.41) is 0.0330. The Morgan fingerprint density at radius 3 is 2.43 bits per heavy atom. The van der Waals surface area contributed by atoms with Gasteiger partial charge in [-0.1, -0.05) is 30.3 Å². The summed E-state index contributed by atoms with van der Waals surface area (Å²) in [7, 11) is 1.69. The molecule has 0 heterocycles. The molecule has 0 radical (unpaired) electrons. The van der Waals surface area contributed by atoms with E-state index in [4.69, 9.17) is 16.3 Å². The van der Waals surface area contributed by atoms with Gasteiger partial charge in [0, 0.05) is 0 Å². The summed E-state index contributed by atoms with van der Waals surface area (Å²) >= 11 is 6.63. The Morgan fingerprint density at radius 1 is 1.00 bits per heavy atom. The molecule has 0 saturated heterocycles. The Bertz CT molecular complexity index is 603. The molecule has 3 rings (SSSR count). The van der Waals surface area contributed by atoms with Crippen molar-refractivity contribution in [3.05, 3.63) is 64.7 Å². The predicted molar refractivity (Wildman–Crippen MR) is 88.4 cm³/mol. The van der Waals surface area contributed by atoms with Crippen LogP contribution in [0.2, 0.25) is 0 Å². The van der Waals surface area contributed by atoms with Crippen LogP contribution in [0.25, 0.3) is 0 Å². The third-order valence-electron chi connectivity index (χ3n) is 4.31. The molecule has 0 fully saturated rings. The van der Waals surface area contributed by atoms with Crippen LogP contribution in [0, 0.1) is 0 Å². The van der Waals surface area contributed by atoms with Crippen LogP contribution in [-0.4, -0.2) is 7.11 Å². The highest BCUT2D eigenvalue weighted by molar-refractivity contribution is 6.20. The minimum absolute atomic E-state index is 0.0330. The van der Waals surface area contributed by atoms with E-state index in [-0.39, 0.29) is 5.38 Å². The molecule has 1 aliphatic carbocycles. The molecular formula is C19H21ClO. The number of rotatable bonds is 4. The fourth-order valence-corrected chi connectivity index (χ4v) is 3.35. The number of methoxy groups -OCH3 is 1. The maximum absolute atomic E-state index is 6.63. The van der Waals surface area contributed by atoms with E-state index in [9.17, 15) is 0 Å². The molecule has 0 bridgehead atoms. The molecule has 110 valence electrons. The number of alkyl halides is 1. The molecule has 1 nitrogen and oxygen atoms in total. The lowest BCUT2D eigenvalue weighted by atomic mass is 9.89. The first kappa shape index (κ1) is 14.5. The van der Waals surface area contributed by atoms with E-state index in [1.165, 1.54) is 47.9 Å². The zero-order chi connectivity index (χ0) is 14.7. The minimum Gasteiger partial charge on any atom is -0.497 e. The molecule has 21 heavy (non-hydrogen) atoms. The van der Waals surface area contributed by atoms with Crippen LogP contribution in [0.4, 0.5) is 0 Å². The number of ether oxygens (including phenoxy) is 1. The van der Waals surface area contributed by atoms with Crippen LogP contribution < -0.4 is 4.74 Å². The number of hydrogen-bond acceptors (Lipinski definition) is 1. The van der Waals surface area contributed by atoms with E-state index in [1.807, 2.05) is 12.1 Å². The van der Waals surface area contributed by atoms with Crippen molar-refractivity contribution >= 4 is 11.6 Å². The zero-order valence-corrected chi connectivity index (χ0v) is 13.2. The number of aryl methyl sites for hydroxylation is 2. The molecule has 1 atom stereocenters. The summed E-state index contributed by atoms with van der Waals surface area (Å²) in [5.74, 6) is 0.888. The van der Waals surface area contributed by atoms with Crippen molar-refractivity contribution in [2.75, 3.05) is 7.11 Å². The first-order chi connectivity index (χ1) is 10.3. The van der Waals surface area contributed by atoms with Gasteiger partial charge in [-0.05, 0) is 66.5 Å². The first-order valence-electron chi connectivity index (χ1n) is 7.65. The summed E-state index contributed by atoms with van der Waals surface area (Å²) in [6.07, 6.45) is 5.91. The van der Waals surface area contributed by atoms with Crippen molar-refractivity contribution in [1.29, 1.82) is 0 Å². The molecule has 0 spiro atoms.